The van der Waals surface area contributed by atoms with E-state index in [0.29, 0.717) is 19.5 Å². The molecular weight excluding hydrogens is 398 g/mol. The van der Waals surface area contributed by atoms with Crippen LogP contribution >= 0.6 is 0 Å². The summed E-state index contributed by atoms with van der Waals surface area (Å²) in [6.45, 7) is 19.4. The summed E-state index contributed by atoms with van der Waals surface area (Å²) in [5, 5.41) is 6.04. The third kappa shape index (κ3) is 9.82. The molecule has 0 aliphatic carbocycles. The molecule has 31 heavy (non-hydrogen) atoms. The molecule has 0 saturated carbocycles. The Morgan fingerprint density at radius 2 is 1.68 bits per heavy atom. The zero-order valence-electron chi connectivity index (χ0n) is 20.4. The first-order valence-electron chi connectivity index (χ1n) is 10.9. The maximum atomic E-state index is 13.1. The highest BCUT2D eigenvalue weighted by atomic mass is 16.6. The lowest BCUT2D eigenvalue weighted by molar-refractivity contribution is -0.167. The Hall–Kier alpha value is -1.93. The molecule has 1 rings (SSSR count). The van der Waals surface area contributed by atoms with Crippen molar-refractivity contribution in [2.24, 2.45) is 5.92 Å². The average Bonchev–Trinajstić information content (AvgIpc) is 2.99. The number of esters is 2. The lowest BCUT2D eigenvalue weighted by Gasteiger charge is -2.34. The standard InChI is InChI=1S/C23H41N3O5/c1-10-17-11-18(20(28)30-22(4,5)6)26(14-17)19(21(29)31-23(7,8)9)13-24-12-15(2)25-16(3)27/h10,15,17-19,24H,1,11-14H2,2-9H3,(H,25,27)/t15?,17?,18?,19-/m0/s1. The van der Waals surface area contributed by atoms with E-state index in [4.69, 9.17) is 9.47 Å². The Labute approximate surface area is 187 Å². The number of likely N-dealkylation sites (tertiary alicyclic amines) is 1. The molecule has 8 heteroatoms. The number of hydrogen-bond donors (Lipinski definition) is 2. The van der Waals surface area contributed by atoms with Gasteiger partial charge in [-0.15, -0.1) is 6.58 Å². The molecule has 1 heterocycles. The van der Waals surface area contributed by atoms with Crippen LogP contribution in [-0.4, -0.2) is 71.7 Å². The van der Waals surface area contributed by atoms with Gasteiger partial charge in [0.2, 0.25) is 5.91 Å². The first-order chi connectivity index (χ1) is 14.1. The number of nitrogens with zero attached hydrogens (tertiary/aromatic N) is 1. The average molecular weight is 440 g/mol. The van der Waals surface area contributed by atoms with Gasteiger partial charge in [0.05, 0.1) is 0 Å². The summed E-state index contributed by atoms with van der Waals surface area (Å²) in [4.78, 5) is 39.1. The smallest absolute Gasteiger partial charge is 0.325 e. The first-order valence-corrected chi connectivity index (χ1v) is 10.9. The fourth-order valence-electron chi connectivity index (χ4n) is 3.55. The third-order valence-corrected chi connectivity index (χ3v) is 4.70. The second kappa shape index (κ2) is 11.1. The summed E-state index contributed by atoms with van der Waals surface area (Å²) < 4.78 is 11.3. The van der Waals surface area contributed by atoms with Gasteiger partial charge < -0.3 is 20.1 Å². The summed E-state index contributed by atoms with van der Waals surface area (Å²) in [5.41, 5.74) is -1.28. The fraction of sp³-hybridized carbons (Fsp3) is 0.783. The van der Waals surface area contributed by atoms with E-state index in [1.54, 1.807) is 0 Å². The number of nitrogens with one attached hydrogen (secondary N) is 2. The summed E-state index contributed by atoms with van der Waals surface area (Å²) in [6, 6.07) is -1.33. The van der Waals surface area contributed by atoms with Gasteiger partial charge in [0.15, 0.2) is 0 Å². The summed E-state index contributed by atoms with van der Waals surface area (Å²) in [6.07, 6.45) is 2.36. The Morgan fingerprint density at radius 1 is 1.10 bits per heavy atom. The van der Waals surface area contributed by atoms with Crippen molar-refractivity contribution in [3.8, 4) is 0 Å². The van der Waals surface area contributed by atoms with E-state index in [1.165, 1.54) is 6.92 Å². The second-order valence-electron chi connectivity index (χ2n) is 10.3. The number of ether oxygens (including phenoxy) is 2. The molecule has 0 spiro atoms. The minimum Gasteiger partial charge on any atom is -0.459 e. The molecule has 1 saturated heterocycles. The predicted octanol–water partition coefficient (Wildman–Crippen LogP) is 2.03. The van der Waals surface area contributed by atoms with Crippen LogP contribution in [-0.2, 0) is 23.9 Å². The molecule has 178 valence electrons. The van der Waals surface area contributed by atoms with Gasteiger partial charge in [-0.3, -0.25) is 19.3 Å². The van der Waals surface area contributed by atoms with Crippen LogP contribution in [0.25, 0.3) is 0 Å². The van der Waals surface area contributed by atoms with Crippen molar-refractivity contribution < 1.29 is 23.9 Å². The van der Waals surface area contributed by atoms with Crippen molar-refractivity contribution >= 4 is 17.8 Å². The second-order valence-corrected chi connectivity index (χ2v) is 10.3. The third-order valence-electron chi connectivity index (χ3n) is 4.70. The zero-order chi connectivity index (χ0) is 24.0. The van der Waals surface area contributed by atoms with Gasteiger partial charge in [-0.1, -0.05) is 6.08 Å². The number of carbonyl (C=O) groups is 3. The van der Waals surface area contributed by atoms with E-state index >= 15 is 0 Å². The van der Waals surface area contributed by atoms with Crippen LogP contribution in [0.3, 0.4) is 0 Å². The van der Waals surface area contributed by atoms with E-state index in [1.807, 2.05) is 59.4 Å². The van der Waals surface area contributed by atoms with Crippen LogP contribution in [0.1, 0.15) is 61.8 Å². The van der Waals surface area contributed by atoms with Crippen LogP contribution in [0.2, 0.25) is 0 Å². The molecule has 8 nitrogen and oxygen atoms in total. The molecule has 1 amide bonds. The lowest BCUT2D eigenvalue weighted by Crippen LogP contribution is -2.55. The minimum absolute atomic E-state index is 0.0701. The molecule has 0 aromatic carbocycles. The van der Waals surface area contributed by atoms with Gasteiger partial charge >= 0.3 is 11.9 Å². The van der Waals surface area contributed by atoms with Gasteiger partial charge in [0.25, 0.3) is 0 Å². The summed E-state index contributed by atoms with van der Waals surface area (Å²) >= 11 is 0. The van der Waals surface area contributed by atoms with E-state index in [2.05, 4.69) is 17.2 Å². The number of rotatable bonds is 9. The maximum absolute atomic E-state index is 13.1. The summed E-state index contributed by atoms with van der Waals surface area (Å²) in [5.74, 6) is -0.792. The Balaban J connectivity index is 3.05. The molecule has 1 aliphatic rings. The number of hydrogen-bond acceptors (Lipinski definition) is 7. The van der Waals surface area contributed by atoms with Crippen LogP contribution in [0.15, 0.2) is 12.7 Å². The minimum atomic E-state index is -0.675. The van der Waals surface area contributed by atoms with Crippen LogP contribution in [0, 0.1) is 5.92 Å². The maximum Gasteiger partial charge on any atom is 0.325 e. The molecule has 0 bridgehead atoms. The molecule has 1 fully saturated rings. The highest BCUT2D eigenvalue weighted by Crippen LogP contribution is 2.29. The van der Waals surface area contributed by atoms with Crippen LogP contribution < -0.4 is 10.6 Å². The molecule has 0 aromatic rings. The Morgan fingerprint density at radius 3 is 2.16 bits per heavy atom. The van der Waals surface area contributed by atoms with Crippen molar-refractivity contribution in [2.75, 3.05) is 19.6 Å². The normalized spacial score (nSPS) is 21.8. The molecule has 0 aromatic heterocycles. The first kappa shape index (κ1) is 27.1. The van der Waals surface area contributed by atoms with Crippen molar-refractivity contribution in [3.05, 3.63) is 12.7 Å². The zero-order valence-corrected chi connectivity index (χ0v) is 20.4. The SMILES string of the molecule is C=CC1CC(C(=O)OC(C)(C)C)N([C@@H](CNCC(C)NC(C)=O)C(=O)OC(C)(C)C)C1. The quantitative estimate of drug-likeness (QED) is 0.419. The van der Waals surface area contributed by atoms with Crippen LogP contribution in [0.4, 0.5) is 0 Å². The van der Waals surface area contributed by atoms with E-state index in [9.17, 15) is 14.4 Å². The summed E-state index contributed by atoms with van der Waals surface area (Å²) in [7, 11) is 0. The van der Waals surface area contributed by atoms with Gasteiger partial charge in [-0.25, -0.2) is 0 Å². The fourth-order valence-corrected chi connectivity index (χ4v) is 3.55. The van der Waals surface area contributed by atoms with Gasteiger partial charge in [-0.2, -0.15) is 0 Å². The largest absolute Gasteiger partial charge is 0.459 e. The highest BCUT2D eigenvalue weighted by Gasteiger charge is 2.44. The molecular formula is C23H41N3O5. The van der Waals surface area contributed by atoms with Gasteiger partial charge in [-0.05, 0) is 60.8 Å². The van der Waals surface area contributed by atoms with Gasteiger partial charge in [0.1, 0.15) is 23.3 Å². The highest BCUT2D eigenvalue weighted by molar-refractivity contribution is 5.81. The number of carbonyl (C=O) groups excluding carboxylic acids is 3. The van der Waals surface area contributed by atoms with E-state index < -0.39 is 29.3 Å². The molecule has 2 N–H and O–H groups in total. The molecule has 3 unspecified atom stereocenters. The topological polar surface area (TPSA) is 97.0 Å². The molecule has 0 radical (unpaired) electrons. The Kier molecular flexibility index (Phi) is 9.69. The van der Waals surface area contributed by atoms with E-state index in [0.717, 1.165) is 0 Å². The van der Waals surface area contributed by atoms with Crippen LogP contribution in [0.5, 0.6) is 0 Å². The van der Waals surface area contributed by atoms with Crippen molar-refractivity contribution in [3.63, 3.8) is 0 Å². The van der Waals surface area contributed by atoms with Crippen molar-refractivity contribution in [1.82, 2.24) is 15.5 Å². The predicted molar refractivity (Wildman–Crippen MR) is 120 cm³/mol. The molecule has 4 atom stereocenters. The van der Waals surface area contributed by atoms with Crippen molar-refractivity contribution in [1.29, 1.82) is 0 Å². The van der Waals surface area contributed by atoms with Crippen molar-refractivity contribution in [2.45, 2.75) is 91.1 Å². The lowest BCUT2D eigenvalue weighted by atomic mass is 10.1. The monoisotopic (exact) mass is 439 g/mol. The van der Waals surface area contributed by atoms with Gasteiger partial charge in [0, 0.05) is 32.6 Å². The Bertz CT molecular complexity index is 651. The molecule has 1 aliphatic heterocycles. The van der Waals surface area contributed by atoms with E-state index in [-0.39, 0.29) is 30.4 Å². The number of amides is 1.